The van der Waals surface area contributed by atoms with E-state index in [1.165, 1.54) is 0 Å². The van der Waals surface area contributed by atoms with Gasteiger partial charge < -0.3 is 16.2 Å². The van der Waals surface area contributed by atoms with Crippen molar-refractivity contribution in [3.8, 4) is 0 Å². The van der Waals surface area contributed by atoms with Gasteiger partial charge in [0.15, 0.2) is 0 Å². The topological polar surface area (TPSA) is 92.4 Å². The highest BCUT2D eigenvalue weighted by Crippen LogP contribution is 2.09. The number of nitrogens with two attached hydrogens (primary N) is 1. The summed E-state index contributed by atoms with van der Waals surface area (Å²) in [5.41, 5.74) is 6.80. The third-order valence-electron chi connectivity index (χ3n) is 2.69. The Morgan fingerprint density at radius 1 is 1.39 bits per heavy atom. The first kappa shape index (κ1) is 14.2. The number of aliphatic carboxylic acids is 1. The molecule has 1 aromatic rings. The summed E-state index contributed by atoms with van der Waals surface area (Å²) in [5, 5.41) is 11.4. The zero-order valence-corrected chi connectivity index (χ0v) is 10.3. The molecular weight excluding hydrogens is 232 g/mol. The quantitative estimate of drug-likeness (QED) is 0.695. The molecule has 0 saturated heterocycles. The normalized spacial score (nSPS) is 11.9. The molecule has 98 valence electrons. The predicted molar refractivity (Wildman–Crippen MR) is 68.4 cm³/mol. The summed E-state index contributed by atoms with van der Waals surface area (Å²) in [7, 11) is 0. The number of carboxylic acids is 1. The van der Waals surface area contributed by atoms with Gasteiger partial charge in [0.1, 0.15) is 6.04 Å². The molecule has 5 nitrogen and oxygen atoms in total. The van der Waals surface area contributed by atoms with Crippen LogP contribution < -0.4 is 11.1 Å². The van der Waals surface area contributed by atoms with Gasteiger partial charge in [-0.1, -0.05) is 25.1 Å². The maximum atomic E-state index is 12.0. The molecule has 0 fully saturated rings. The first-order valence-electron chi connectivity index (χ1n) is 5.91. The second kappa shape index (κ2) is 6.76. The van der Waals surface area contributed by atoms with E-state index in [2.05, 4.69) is 5.32 Å². The van der Waals surface area contributed by atoms with Gasteiger partial charge in [-0.15, -0.1) is 0 Å². The number of nitrogens with one attached hydrogen (secondary N) is 1. The van der Waals surface area contributed by atoms with Crippen LogP contribution in [0, 0.1) is 0 Å². The average Bonchev–Trinajstić information content (AvgIpc) is 2.36. The molecule has 0 aliphatic carbocycles. The Morgan fingerprint density at radius 3 is 2.61 bits per heavy atom. The van der Waals surface area contributed by atoms with Gasteiger partial charge in [-0.3, -0.25) is 4.79 Å². The van der Waals surface area contributed by atoms with Gasteiger partial charge in [-0.05, 0) is 31.0 Å². The molecule has 0 bridgehead atoms. The summed E-state index contributed by atoms with van der Waals surface area (Å²) < 4.78 is 0. The van der Waals surface area contributed by atoms with Crippen molar-refractivity contribution in [2.75, 3.05) is 6.54 Å². The number of amides is 1. The largest absolute Gasteiger partial charge is 0.480 e. The zero-order valence-electron chi connectivity index (χ0n) is 10.3. The van der Waals surface area contributed by atoms with E-state index in [-0.39, 0.29) is 5.91 Å². The second-order valence-electron chi connectivity index (χ2n) is 3.97. The average molecular weight is 250 g/mol. The minimum absolute atomic E-state index is 0.347. The lowest BCUT2D eigenvalue weighted by atomic mass is 10.0. The van der Waals surface area contributed by atoms with E-state index in [0.29, 0.717) is 24.9 Å². The highest BCUT2D eigenvalue weighted by atomic mass is 16.4. The molecule has 0 aromatic heterocycles. The van der Waals surface area contributed by atoms with E-state index in [1.807, 2.05) is 12.1 Å². The van der Waals surface area contributed by atoms with Gasteiger partial charge in [-0.25, -0.2) is 4.79 Å². The molecule has 0 radical (unpaired) electrons. The van der Waals surface area contributed by atoms with Crippen LogP contribution in [0.4, 0.5) is 0 Å². The van der Waals surface area contributed by atoms with E-state index in [1.54, 1.807) is 19.1 Å². The van der Waals surface area contributed by atoms with E-state index < -0.39 is 12.0 Å². The molecule has 1 aromatic carbocycles. The van der Waals surface area contributed by atoms with Crippen molar-refractivity contribution >= 4 is 11.9 Å². The minimum atomic E-state index is -1.03. The summed E-state index contributed by atoms with van der Waals surface area (Å²) in [4.78, 5) is 22.9. The Bertz CT molecular complexity index is 432. The number of benzene rings is 1. The van der Waals surface area contributed by atoms with E-state index in [9.17, 15) is 9.59 Å². The molecule has 0 aliphatic heterocycles. The fourth-order valence-corrected chi connectivity index (χ4v) is 1.69. The van der Waals surface area contributed by atoms with Crippen molar-refractivity contribution in [3.05, 3.63) is 35.4 Å². The van der Waals surface area contributed by atoms with Crippen LogP contribution >= 0.6 is 0 Å². The standard InChI is InChI=1S/C13H18N2O3/c1-2-11(13(17)18)15-12(16)10-6-4-3-5-9(10)7-8-14/h3-6,11H,2,7-8,14H2,1H3,(H,15,16)(H,17,18). The highest BCUT2D eigenvalue weighted by Gasteiger charge is 2.19. The fraction of sp³-hybridized carbons (Fsp3) is 0.385. The predicted octanol–water partition coefficient (Wildman–Crippen LogP) is 0.781. The van der Waals surface area contributed by atoms with Crippen molar-refractivity contribution in [3.63, 3.8) is 0 Å². The fourth-order valence-electron chi connectivity index (χ4n) is 1.69. The van der Waals surface area contributed by atoms with Crippen molar-refractivity contribution < 1.29 is 14.7 Å². The van der Waals surface area contributed by atoms with Gasteiger partial charge in [0.05, 0.1) is 0 Å². The van der Waals surface area contributed by atoms with Crippen LogP contribution in [0.3, 0.4) is 0 Å². The Balaban J connectivity index is 2.86. The molecule has 5 heteroatoms. The summed E-state index contributed by atoms with van der Waals surface area (Å²) in [5.74, 6) is -1.39. The summed E-state index contributed by atoms with van der Waals surface area (Å²) in [6.07, 6.45) is 0.938. The maximum absolute atomic E-state index is 12.0. The summed E-state index contributed by atoms with van der Waals surface area (Å²) in [6.45, 7) is 2.16. The first-order valence-corrected chi connectivity index (χ1v) is 5.91. The highest BCUT2D eigenvalue weighted by molar-refractivity contribution is 5.97. The van der Waals surface area contributed by atoms with Gasteiger partial charge in [0.2, 0.25) is 0 Å². The Kier molecular flexibility index (Phi) is 5.32. The lowest BCUT2D eigenvalue weighted by Crippen LogP contribution is -2.40. The number of hydrogen-bond acceptors (Lipinski definition) is 3. The van der Waals surface area contributed by atoms with Crippen LogP contribution in [-0.2, 0) is 11.2 Å². The van der Waals surface area contributed by atoms with E-state index in [4.69, 9.17) is 10.8 Å². The van der Waals surface area contributed by atoms with E-state index in [0.717, 1.165) is 5.56 Å². The second-order valence-corrected chi connectivity index (χ2v) is 3.97. The molecule has 1 rings (SSSR count). The maximum Gasteiger partial charge on any atom is 0.326 e. The number of carboxylic acid groups (broad SMARTS) is 1. The number of carbonyl (C=O) groups is 2. The summed E-state index contributed by atoms with van der Waals surface area (Å²) in [6, 6.07) is 6.22. The van der Waals surface area contributed by atoms with Crippen molar-refractivity contribution in [2.24, 2.45) is 5.73 Å². The lowest BCUT2D eigenvalue weighted by molar-refractivity contribution is -0.139. The smallest absolute Gasteiger partial charge is 0.326 e. The van der Waals surface area contributed by atoms with Crippen molar-refractivity contribution in [1.82, 2.24) is 5.32 Å². The molecule has 0 saturated carbocycles. The van der Waals surface area contributed by atoms with Gasteiger partial charge >= 0.3 is 5.97 Å². The molecule has 1 unspecified atom stereocenters. The lowest BCUT2D eigenvalue weighted by Gasteiger charge is -2.14. The van der Waals surface area contributed by atoms with Crippen LogP contribution in [0.5, 0.6) is 0 Å². The molecule has 1 amide bonds. The first-order chi connectivity index (χ1) is 8.60. The van der Waals surface area contributed by atoms with Crippen molar-refractivity contribution in [1.29, 1.82) is 0 Å². The zero-order chi connectivity index (χ0) is 13.5. The van der Waals surface area contributed by atoms with Crippen LogP contribution in [0.15, 0.2) is 24.3 Å². The molecular formula is C13H18N2O3. The number of hydrogen-bond donors (Lipinski definition) is 3. The van der Waals surface area contributed by atoms with Crippen molar-refractivity contribution in [2.45, 2.75) is 25.8 Å². The SMILES string of the molecule is CCC(NC(=O)c1ccccc1CCN)C(=O)O. The third kappa shape index (κ3) is 3.56. The Morgan fingerprint density at radius 2 is 2.06 bits per heavy atom. The van der Waals surface area contributed by atoms with E-state index >= 15 is 0 Å². The van der Waals surface area contributed by atoms with Crippen LogP contribution in [0.25, 0.3) is 0 Å². The Labute approximate surface area is 106 Å². The monoisotopic (exact) mass is 250 g/mol. The van der Waals surface area contributed by atoms with Crippen LogP contribution in [0.1, 0.15) is 29.3 Å². The molecule has 18 heavy (non-hydrogen) atoms. The molecule has 1 atom stereocenters. The molecule has 0 aliphatic rings. The molecule has 0 spiro atoms. The van der Waals surface area contributed by atoms with Crippen LogP contribution in [-0.4, -0.2) is 29.6 Å². The van der Waals surface area contributed by atoms with Gasteiger partial charge in [0, 0.05) is 5.56 Å². The molecule has 0 heterocycles. The number of carbonyl (C=O) groups excluding carboxylic acids is 1. The van der Waals surface area contributed by atoms with Gasteiger partial charge in [-0.2, -0.15) is 0 Å². The van der Waals surface area contributed by atoms with Crippen LogP contribution in [0.2, 0.25) is 0 Å². The summed E-state index contributed by atoms with van der Waals surface area (Å²) >= 11 is 0. The minimum Gasteiger partial charge on any atom is -0.480 e. The van der Waals surface area contributed by atoms with Gasteiger partial charge in [0.25, 0.3) is 5.91 Å². The number of rotatable bonds is 6. The third-order valence-corrected chi connectivity index (χ3v) is 2.69. The molecule has 4 N–H and O–H groups in total. The Hall–Kier alpha value is -1.88.